The third-order valence-corrected chi connectivity index (χ3v) is 2.35. The molecule has 13 heavy (non-hydrogen) atoms. The molecule has 1 rings (SSSR count). The molecule has 0 spiro atoms. The minimum atomic E-state index is -2.81. The Bertz CT molecular complexity index is 389. The first kappa shape index (κ1) is 10.3. The summed E-state index contributed by atoms with van der Waals surface area (Å²) in [6, 6.07) is 0. The number of nitrogens with one attached hydrogen (secondary N) is 1. The lowest BCUT2D eigenvalue weighted by Gasteiger charge is -2.04. The molecule has 0 aliphatic heterocycles. The van der Waals surface area contributed by atoms with Crippen LogP contribution in [0.3, 0.4) is 0 Å². The zero-order valence-electron chi connectivity index (χ0n) is 6.18. The van der Waals surface area contributed by atoms with E-state index in [0.29, 0.717) is 0 Å². The van der Waals surface area contributed by atoms with E-state index in [1.54, 1.807) is 22.6 Å². The van der Waals surface area contributed by atoms with Gasteiger partial charge in [0.25, 0.3) is 12.0 Å². The minimum absolute atomic E-state index is 0.141. The molecule has 0 radical (unpaired) electrons. The Morgan fingerprint density at radius 2 is 2.15 bits per heavy atom. The maximum atomic E-state index is 12.3. The fourth-order valence-electron chi connectivity index (χ4n) is 0.874. The van der Waals surface area contributed by atoms with Gasteiger partial charge >= 0.3 is 0 Å². The van der Waals surface area contributed by atoms with Gasteiger partial charge in [0.05, 0.1) is 5.56 Å². The Labute approximate surface area is 85.3 Å². The fraction of sp³-hybridized carbons (Fsp3) is 0.143. The van der Waals surface area contributed by atoms with E-state index in [1.807, 2.05) is 0 Å². The zero-order valence-corrected chi connectivity index (χ0v) is 8.34. The van der Waals surface area contributed by atoms with Crippen LogP contribution in [0.5, 0.6) is 0 Å². The normalized spacial score (nSPS) is 10.5. The van der Waals surface area contributed by atoms with E-state index in [-0.39, 0.29) is 9.86 Å². The van der Waals surface area contributed by atoms with E-state index in [1.165, 1.54) is 0 Å². The lowest BCUT2D eigenvalue weighted by Crippen LogP contribution is -2.16. The summed E-state index contributed by atoms with van der Waals surface area (Å²) < 4.78 is 24.9. The van der Waals surface area contributed by atoms with Crippen LogP contribution in [0.15, 0.2) is 11.0 Å². The van der Waals surface area contributed by atoms with Crippen molar-refractivity contribution in [2.24, 2.45) is 0 Å². The van der Waals surface area contributed by atoms with E-state index < -0.39 is 23.1 Å². The Morgan fingerprint density at radius 3 is 2.54 bits per heavy atom. The highest BCUT2D eigenvalue weighted by Crippen LogP contribution is 2.24. The highest BCUT2D eigenvalue weighted by Gasteiger charge is 2.18. The summed E-state index contributed by atoms with van der Waals surface area (Å²) in [6.07, 6.45) is -1.52. The van der Waals surface area contributed by atoms with Crippen molar-refractivity contribution in [3.8, 4) is 0 Å². The average molecular weight is 299 g/mol. The van der Waals surface area contributed by atoms with Gasteiger partial charge in [0, 0.05) is 15.3 Å². The maximum absolute atomic E-state index is 12.3. The van der Waals surface area contributed by atoms with Gasteiger partial charge in [0.2, 0.25) is 0 Å². The zero-order chi connectivity index (χ0) is 10.0. The number of rotatable bonds is 2. The average Bonchev–Trinajstić information content (AvgIpc) is 2.07. The number of alkyl halides is 2. The largest absolute Gasteiger partial charge is 0.327 e. The van der Waals surface area contributed by atoms with E-state index in [2.05, 4.69) is 4.98 Å². The quantitative estimate of drug-likeness (QED) is 0.668. The van der Waals surface area contributed by atoms with Crippen molar-refractivity contribution in [2.45, 2.75) is 6.43 Å². The van der Waals surface area contributed by atoms with Gasteiger partial charge in [-0.3, -0.25) is 9.59 Å². The molecular weight excluding hydrogens is 295 g/mol. The molecule has 70 valence electrons. The molecule has 0 bridgehead atoms. The van der Waals surface area contributed by atoms with Crippen LogP contribution in [0.25, 0.3) is 0 Å². The van der Waals surface area contributed by atoms with Crippen LogP contribution >= 0.6 is 22.6 Å². The first-order valence-corrected chi connectivity index (χ1v) is 4.30. The molecule has 0 aliphatic rings. The summed E-state index contributed by atoms with van der Waals surface area (Å²) in [5, 5.41) is 0. The molecule has 0 aromatic carbocycles. The van der Waals surface area contributed by atoms with Crippen LogP contribution in [0.1, 0.15) is 22.3 Å². The standard InChI is InChI=1S/C7H4F2INO2/c8-6(9)5-3(2-12)7(13)11-1-4(5)10/h1-2,6H,(H,11,13). The number of carbonyl (C=O) groups excluding carboxylic acids is 1. The van der Waals surface area contributed by atoms with Crippen molar-refractivity contribution in [3.63, 3.8) is 0 Å². The van der Waals surface area contributed by atoms with Gasteiger partial charge in [-0.2, -0.15) is 0 Å². The first-order valence-electron chi connectivity index (χ1n) is 3.22. The molecule has 1 N–H and O–H groups in total. The van der Waals surface area contributed by atoms with Gasteiger partial charge < -0.3 is 4.98 Å². The summed E-state index contributed by atoms with van der Waals surface area (Å²) in [4.78, 5) is 23.4. The molecule has 1 aromatic heterocycles. The van der Waals surface area contributed by atoms with Crippen LogP contribution in [-0.2, 0) is 0 Å². The predicted molar refractivity (Wildman–Crippen MR) is 50.1 cm³/mol. The summed E-state index contributed by atoms with van der Waals surface area (Å²) in [7, 11) is 0. The van der Waals surface area contributed by atoms with Crippen LogP contribution in [-0.4, -0.2) is 11.3 Å². The number of aromatic amines is 1. The van der Waals surface area contributed by atoms with Crippen molar-refractivity contribution >= 4 is 28.9 Å². The number of pyridine rings is 1. The summed E-state index contributed by atoms with van der Waals surface area (Å²) in [5.41, 5.74) is -1.79. The Morgan fingerprint density at radius 1 is 1.54 bits per heavy atom. The van der Waals surface area contributed by atoms with Crippen molar-refractivity contribution in [1.29, 1.82) is 0 Å². The summed E-state index contributed by atoms with van der Waals surface area (Å²) in [5.74, 6) is 0. The van der Waals surface area contributed by atoms with E-state index >= 15 is 0 Å². The molecule has 0 aliphatic carbocycles. The maximum Gasteiger partial charge on any atom is 0.265 e. The second-order valence-electron chi connectivity index (χ2n) is 2.21. The lowest BCUT2D eigenvalue weighted by atomic mass is 10.1. The molecule has 0 amide bonds. The topological polar surface area (TPSA) is 49.9 Å². The molecule has 0 fully saturated rings. The summed E-state index contributed by atoms with van der Waals surface area (Å²) >= 11 is 1.63. The van der Waals surface area contributed by atoms with E-state index in [4.69, 9.17) is 0 Å². The molecule has 1 heterocycles. The molecule has 0 unspecified atom stereocenters. The smallest absolute Gasteiger partial charge is 0.265 e. The Kier molecular flexibility index (Phi) is 3.12. The molecule has 6 heteroatoms. The Hall–Kier alpha value is -0.790. The van der Waals surface area contributed by atoms with Gasteiger partial charge in [-0.25, -0.2) is 8.78 Å². The molecule has 0 saturated heterocycles. The van der Waals surface area contributed by atoms with E-state index in [0.717, 1.165) is 6.20 Å². The molecule has 3 nitrogen and oxygen atoms in total. The number of aldehydes is 1. The van der Waals surface area contributed by atoms with Crippen molar-refractivity contribution in [3.05, 3.63) is 31.2 Å². The summed E-state index contributed by atoms with van der Waals surface area (Å²) in [6.45, 7) is 0. The number of hydrogen-bond acceptors (Lipinski definition) is 2. The number of aromatic nitrogens is 1. The van der Waals surface area contributed by atoms with Crippen LogP contribution in [0, 0.1) is 3.57 Å². The Balaban J connectivity index is 3.53. The number of H-pyrrole nitrogens is 1. The second kappa shape index (κ2) is 3.95. The second-order valence-corrected chi connectivity index (χ2v) is 3.37. The number of carbonyl (C=O) groups is 1. The van der Waals surface area contributed by atoms with Gasteiger partial charge in [-0.1, -0.05) is 0 Å². The SMILES string of the molecule is O=Cc1c(C(F)F)c(I)c[nH]c1=O. The highest BCUT2D eigenvalue weighted by molar-refractivity contribution is 14.1. The molecular formula is C7H4F2INO2. The monoisotopic (exact) mass is 299 g/mol. The number of hydrogen-bond donors (Lipinski definition) is 1. The van der Waals surface area contributed by atoms with Gasteiger partial charge in [0.15, 0.2) is 6.29 Å². The first-order chi connectivity index (χ1) is 6.07. The van der Waals surface area contributed by atoms with E-state index in [9.17, 15) is 18.4 Å². The highest BCUT2D eigenvalue weighted by atomic mass is 127. The van der Waals surface area contributed by atoms with Gasteiger partial charge in [-0.15, -0.1) is 0 Å². The number of halogens is 3. The van der Waals surface area contributed by atoms with Gasteiger partial charge in [-0.05, 0) is 22.6 Å². The van der Waals surface area contributed by atoms with Crippen LogP contribution in [0.4, 0.5) is 8.78 Å². The molecule has 0 saturated carbocycles. The molecule has 0 atom stereocenters. The fourth-order valence-corrected chi connectivity index (χ4v) is 1.56. The van der Waals surface area contributed by atoms with Crippen molar-refractivity contribution < 1.29 is 13.6 Å². The van der Waals surface area contributed by atoms with Crippen molar-refractivity contribution in [2.75, 3.05) is 0 Å². The van der Waals surface area contributed by atoms with Gasteiger partial charge in [0.1, 0.15) is 0 Å². The molecule has 1 aromatic rings. The predicted octanol–water partition coefficient (Wildman–Crippen LogP) is 1.73. The third-order valence-electron chi connectivity index (χ3n) is 1.46. The minimum Gasteiger partial charge on any atom is -0.327 e. The lowest BCUT2D eigenvalue weighted by molar-refractivity contribution is 0.110. The van der Waals surface area contributed by atoms with Crippen LogP contribution < -0.4 is 5.56 Å². The third kappa shape index (κ3) is 1.93. The van der Waals surface area contributed by atoms with Crippen molar-refractivity contribution in [1.82, 2.24) is 4.98 Å². The van der Waals surface area contributed by atoms with Crippen LogP contribution in [0.2, 0.25) is 0 Å².